The molecule has 16 heavy (non-hydrogen) atoms. The number of methoxy groups -OCH3 is 2. The molecule has 0 aromatic carbocycles. The SMILES string of the molecule is COC(CNCCN1CCN(C)CC1)OC. The smallest absolute Gasteiger partial charge is 0.169 e. The lowest BCUT2D eigenvalue weighted by molar-refractivity contribution is -0.0987. The number of hydrogen-bond donors (Lipinski definition) is 1. The van der Waals surface area contributed by atoms with E-state index in [1.165, 1.54) is 26.2 Å². The van der Waals surface area contributed by atoms with Crippen LogP contribution in [-0.2, 0) is 9.47 Å². The average molecular weight is 231 g/mol. The van der Waals surface area contributed by atoms with Crippen LogP contribution in [-0.4, -0.2) is 83.2 Å². The Hall–Kier alpha value is -0.200. The van der Waals surface area contributed by atoms with Gasteiger partial charge in [0.15, 0.2) is 6.29 Å². The van der Waals surface area contributed by atoms with E-state index in [-0.39, 0.29) is 6.29 Å². The Labute approximate surface area is 98.7 Å². The summed E-state index contributed by atoms with van der Waals surface area (Å²) in [5.41, 5.74) is 0. The van der Waals surface area contributed by atoms with Crippen LogP contribution in [0.2, 0.25) is 0 Å². The van der Waals surface area contributed by atoms with E-state index in [9.17, 15) is 0 Å². The molecule has 5 nitrogen and oxygen atoms in total. The first-order valence-electron chi connectivity index (χ1n) is 5.93. The number of nitrogens with one attached hydrogen (secondary N) is 1. The summed E-state index contributed by atoms with van der Waals surface area (Å²) in [6, 6.07) is 0. The highest BCUT2D eigenvalue weighted by atomic mass is 16.7. The molecule has 96 valence electrons. The first-order valence-corrected chi connectivity index (χ1v) is 5.93. The van der Waals surface area contributed by atoms with Crippen LogP contribution in [0.15, 0.2) is 0 Å². The van der Waals surface area contributed by atoms with E-state index in [1.807, 2.05) is 0 Å². The molecule has 0 saturated carbocycles. The van der Waals surface area contributed by atoms with Gasteiger partial charge in [-0.2, -0.15) is 0 Å². The van der Waals surface area contributed by atoms with Crippen LogP contribution in [0, 0.1) is 0 Å². The topological polar surface area (TPSA) is 37.0 Å². The zero-order valence-corrected chi connectivity index (χ0v) is 10.7. The second kappa shape index (κ2) is 7.97. The zero-order chi connectivity index (χ0) is 11.8. The minimum Gasteiger partial charge on any atom is -0.355 e. The van der Waals surface area contributed by atoms with E-state index in [1.54, 1.807) is 14.2 Å². The fraction of sp³-hybridized carbons (Fsp3) is 1.00. The van der Waals surface area contributed by atoms with E-state index in [4.69, 9.17) is 9.47 Å². The highest BCUT2D eigenvalue weighted by molar-refractivity contribution is 4.69. The Morgan fingerprint density at radius 3 is 2.31 bits per heavy atom. The molecule has 0 aromatic rings. The maximum atomic E-state index is 5.10. The monoisotopic (exact) mass is 231 g/mol. The Bertz CT molecular complexity index is 169. The molecule has 0 aliphatic carbocycles. The Balaban J connectivity index is 1.98. The standard InChI is InChI=1S/C11H25N3O2/c1-13-6-8-14(9-7-13)5-4-12-10-11(15-2)16-3/h11-12H,4-10H2,1-3H3. The summed E-state index contributed by atoms with van der Waals surface area (Å²) in [7, 11) is 5.50. The predicted octanol–water partition coefficient (Wildman–Crippen LogP) is -0.558. The van der Waals surface area contributed by atoms with E-state index >= 15 is 0 Å². The maximum absolute atomic E-state index is 5.10. The minimum absolute atomic E-state index is 0.132. The summed E-state index contributed by atoms with van der Waals surface area (Å²) in [5, 5.41) is 3.34. The van der Waals surface area contributed by atoms with Crippen molar-refractivity contribution in [2.24, 2.45) is 0 Å². The van der Waals surface area contributed by atoms with Crippen LogP contribution in [0.4, 0.5) is 0 Å². The molecule has 0 spiro atoms. The molecule has 1 aliphatic heterocycles. The molecule has 1 rings (SSSR count). The number of likely N-dealkylation sites (N-methyl/N-ethyl adjacent to an activating group) is 1. The molecule has 1 saturated heterocycles. The predicted molar refractivity (Wildman–Crippen MR) is 64.6 cm³/mol. The summed E-state index contributed by atoms with van der Waals surface area (Å²) < 4.78 is 10.2. The Kier molecular flexibility index (Phi) is 6.91. The van der Waals surface area contributed by atoms with Gasteiger partial charge in [0.2, 0.25) is 0 Å². The molecule has 0 unspecified atom stereocenters. The molecule has 0 bridgehead atoms. The molecular weight excluding hydrogens is 206 g/mol. The number of rotatable bonds is 7. The van der Waals surface area contributed by atoms with Gasteiger partial charge in [0, 0.05) is 60.0 Å². The van der Waals surface area contributed by atoms with E-state index in [0.29, 0.717) is 0 Å². The van der Waals surface area contributed by atoms with Crippen molar-refractivity contribution in [2.45, 2.75) is 6.29 Å². The third kappa shape index (κ3) is 5.23. The van der Waals surface area contributed by atoms with Gasteiger partial charge in [-0.15, -0.1) is 0 Å². The first kappa shape index (κ1) is 13.9. The van der Waals surface area contributed by atoms with Crippen molar-refractivity contribution in [3.63, 3.8) is 0 Å². The number of nitrogens with zero attached hydrogens (tertiary/aromatic N) is 2. The molecule has 5 heteroatoms. The molecule has 1 N–H and O–H groups in total. The summed E-state index contributed by atoms with van der Waals surface area (Å²) in [4.78, 5) is 4.86. The lowest BCUT2D eigenvalue weighted by Crippen LogP contribution is -2.47. The highest BCUT2D eigenvalue weighted by Gasteiger charge is 2.12. The third-order valence-corrected chi connectivity index (χ3v) is 3.04. The fourth-order valence-electron chi connectivity index (χ4n) is 1.79. The summed E-state index contributed by atoms with van der Waals surface area (Å²) in [6.07, 6.45) is -0.132. The van der Waals surface area contributed by atoms with Gasteiger partial charge in [0.1, 0.15) is 0 Å². The molecule has 1 aliphatic rings. The van der Waals surface area contributed by atoms with Gasteiger partial charge < -0.3 is 19.7 Å². The highest BCUT2D eigenvalue weighted by Crippen LogP contribution is 1.97. The second-order valence-corrected chi connectivity index (χ2v) is 4.25. The van der Waals surface area contributed by atoms with Crippen molar-refractivity contribution in [3.05, 3.63) is 0 Å². The molecule has 1 heterocycles. The molecular formula is C11H25N3O2. The van der Waals surface area contributed by atoms with Gasteiger partial charge in [-0.05, 0) is 7.05 Å². The molecule has 0 amide bonds. The number of ether oxygens (including phenoxy) is 2. The second-order valence-electron chi connectivity index (χ2n) is 4.25. The van der Waals surface area contributed by atoms with Crippen LogP contribution in [0.1, 0.15) is 0 Å². The molecule has 0 atom stereocenters. The molecule has 0 aromatic heterocycles. The van der Waals surface area contributed by atoms with E-state index in [0.717, 1.165) is 19.6 Å². The third-order valence-electron chi connectivity index (χ3n) is 3.04. The normalized spacial score (nSPS) is 19.5. The summed E-state index contributed by atoms with van der Waals surface area (Å²) in [6.45, 7) is 7.56. The largest absolute Gasteiger partial charge is 0.355 e. The van der Waals surface area contributed by atoms with Gasteiger partial charge in [-0.3, -0.25) is 4.90 Å². The van der Waals surface area contributed by atoms with E-state index < -0.39 is 0 Å². The van der Waals surface area contributed by atoms with Gasteiger partial charge in [-0.25, -0.2) is 0 Å². The van der Waals surface area contributed by atoms with Crippen LogP contribution in [0.3, 0.4) is 0 Å². The summed E-state index contributed by atoms with van der Waals surface area (Å²) in [5.74, 6) is 0. The Morgan fingerprint density at radius 2 is 1.75 bits per heavy atom. The van der Waals surface area contributed by atoms with Crippen molar-refractivity contribution in [1.29, 1.82) is 0 Å². The fourth-order valence-corrected chi connectivity index (χ4v) is 1.79. The van der Waals surface area contributed by atoms with Crippen LogP contribution in [0.25, 0.3) is 0 Å². The van der Waals surface area contributed by atoms with Gasteiger partial charge in [-0.1, -0.05) is 0 Å². The minimum atomic E-state index is -0.132. The van der Waals surface area contributed by atoms with Crippen molar-refractivity contribution in [1.82, 2.24) is 15.1 Å². The van der Waals surface area contributed by atoms with Crippen molar-refractivity contribution >= 4 is 0 Å². The van der Waals surface area contributed by atoms with Crippen LogP contribution < -0.4 is 5.32 Å². The van der Waals surface area contributed by atoms with Crippen molar-refractivity contribution < 1.29 is 9.47 Å². The zero-order valence-electron chi connectivity index (χ0n) is 10.7. The molecule has 1 fully saturated rings. The van der Waals surface area contributed by atoms with Gasteiger partial charge in [0.05, 0.1) is 0 Å². The van der Waals surface area contributed by atoms with Gasteiger partial charge >= 0.3 is 0 Å². The first-order chi connectivity index (χ1) is 7.76. The average Bonchev–Trinajstić information content (AvgIpc) is 2.32. The van der Waals surface area contributed by atoms with Crippen LogP contribution >= 0.6 is 0 Å². The Morgan fingerprint density at radius 1 is 1.12 bits per heavy atom. The summed E-state index contributed by atoms with van der Waals surface area (Å²) >= 11 is 0. The number of piperazine rings is 1. The lowest BCUT2D eigenvalue weighted by Gasteiger charge is -2.32. The van der Waals surface area contributed by atoms with Crippen molar-refractivity contribution in [3.8, 4) is 0 Å². The van der Waals surface area contributed by atoms with Gasteiger partial charge in [0.25, 0.3) is 0 Å². The van der Waals surface area contributed by atoms with E-state index in [2.05, 4.69) is 22.2 Å². The quantitative estimate of drug-likeness (QED) is 0.470. The number of hydrogen-bond acceptors (Lipinski definition) is 5. The maximum Gasteiger partial charge on any atom is 0.169 e. The lowest BCUT2D eigenvalue weighted by atomic mass is 10.3. The molecule has 0 radical (unpaired) electrons. The van der Waals surface area contributed by atoms with Crippen molar-refractivity contribution in [2.75, 3.05) is 67.1 Å². The van der Waals surface area contributed by atoms with Crippen LogP contribution in [0.5, 0.6) is 0 Å².